The second-order valence-electron chi connectivity index (χ2n) is 5.77. The molecule has 0 bridgehead atoms. The SMILES string of the molecule is O=S(=O)(c1ccc2cc3cc(S(=O)(=O)C(F)(F)F)ccc3cc2c1)C(F)(F)F. The summed E-state index contributed by atoms with van der Waals surface area (Å²) >= 11 is 0. The van der Waals surface area contributed by atoms with Gasteiger partial charge in [-0.25, -0.2) is 16.8 Å². The zero-order valence-electron chi connectivity index (χ0n) is 13.3. The summed E-state index contributed by atoms with van der Waals surface area (Å²) in [5.41, 5.74) is -11.0. The predicted octanol–water partition coefficient (Wildman–Crippen LogP) is 4.58. The van der Waals surface area contributed by atoms with Crippen molar-refractivity contribution in [1.29, 1.82) is 0 Å². The molecule has 0 fully saturated rings. The molecule has 12 heteroatoms. The smallest absolute Gasteiger partial charge is 0.214 e. The second kappa shape index (κ2) is 6.08. The molecule has 0 heterocycles. The van der Waals surface area contributed by atoms with Crippen LogP contribution >= 0.6 is 0 Å². The number of sulfone groups is 2. The first-order chi connectivity index (χ1) is 12.6. The third-order valence-electron chi connectivity index (χ3n) is 3.97. The summed E-state index contributed by atoms with van der Waals surface area (Å²) < 4.78 is 122. The summed E-state index contributed by atoms with van der Waals surface area (Å²) in [6, 6.07) is 7.63. The number of rotatable bonds is 2. The molecule has 4 nitrogen and oxygen atoms in total. The minimum Gasteiger partial charge on any atom is -0.214 e. The van der Waals surface area contributed by atoms with Crippen molar-refractivity contribution < 1.29 is 43.2 Å². The van der Waals surface area contributed by atoms with Crippen LogP contribution in [0.1, 0.15) is 0 Å². The maximum Gasteiger partial charge on any atom is 0.501 e. The van der Waals surface area contributed by atoms with E-state index in [1.54, 1.807) is 0 Å². The summed E-state index contributed by atoms with van der Waals surface area (Å²) in [5.74, 6) is 0. The number of benzene rings is 3. The summed E-state index contributed by atoms with van der Waals surface area (Å²) in [7, 11) is -11.1. The van der Waals surface area contributed by atoms with E-state index in [9.17, 15) is 43.2 Å². The van der Waals surface area contributed by atoms with Crippen molar-refractivity contribution in [2.24, 2.45) is 0 Å². The zero-order valence-corrected chi connectivity index (χ0v) is 15.0. The Kier molecular flexibility index (Phi) is 4.43. The van der Waals surface area contributed by atoms with Crippen LogP contribution in [0, 0.1) is 0 Å². The van der Waals surface area contributed by atoms with Gasteiger partial charge in [-0.1, -0.05) is 12.1 Å². The molecule has 28 heavy (non-hydrogen) atoms. The predicted molar refractivity (Wildman–Crippen MR) is 87.9 cm³/mol. The molecular formula is C16H8F6O4S2. The van der Waals surface area contributed by atoms with Gasteiger partial charge in [0.15, 0.2) is 0 Å². The van der Waals surface area contributed by atoms with Gasteiger partial charge < -0.3 is 0 Å². The fourth-order valence-corrected chi connectivity index (χ4v) is 4.15. The highest BCUT2D eigenvalue weighted by atomic mass is 32.2. The Hall–Kier alpha value is -2.34. The molecule has 0 saturated carbocycles. The van der Waals surface area contributed by atoms with Crippen molar-refractivity contribution in [1.82, 2.24) is 0 Å². The van der Waals surface area contributed by atoms with Gasteiger partial charge >= 0.3 is 11.0 Å². The van der Waals surface area contributed by atoms with E-state index in [-0.39, 0.29) is 21.5 Å². The van der Waals surface area contributed by atoms with Gasteiger partial charge in [0, 0.05) is 0 Å². The van der Waals surface area contributed by atoms with E-state index < -0.39 is 40.5 Å². The Bertz CT molecular complexity index is 1200. The van der Waals surface area contributed by atoms with E-state index in [2.05, 4.69) is 0 Å². The number of fused-ring (bicyclic) bond motifs is 2. The highest BCUT2D eigenvalue weighted by Crippen LogP contribution is 2.35. The lowest BCUT2D eigenvalue weighted by Gasteiger charge is -2.11. The van der Waals surface area contributed by atoms with Gasteiger partial charge in [-0.15, -0.1) is 0 Å². The number of hydrogen-bond acceptors (Lipinski definition) is 4. The van der Waals surface area contributed by atoms with Crippen LogP contribution in [-0.4, -0.2) is 27.9 Å². The molecule has 0 saturated heterocycles. The lowest BCUT2D eigenvalue weighted by atomic mass is 10.0. The third-order valence-corrected chi connectivity index (χ3v) is 6.94. The van der Waals surface area contributed by atoms with Crippen LogP contribution in [0.25, 0.3) is 21.5 Å². The highest BCUT2D eigenvalue weighted by Gasteiger charge is 2.47. The molecule has 0 amide bonds. The Morgan fingerprint density at radius 3 is 1.11 bits per heavy atom. The number of alkyl halides is 6. The van der Waals surface area contributed by atoms with Gasteiger partial charge in [-0.2, -0.15) is 26.3 Å². The van der Waals surface area contributed by atoms with Crippen LogP contribution < -0.4 is 0 Å². The average Bonchev–Trinajstić information content (AvgIpc) is 2.56. The second-order valence-corrected chi connectivity index (χ2v) is 9.65. The summed E-state index contributed by atoms with van der Waals surface area (Å²) in [6.07, 6.45) is 0. The molecule has 0 aromatic heterocycles. The molecule has 0 aliphatic rings. The number of halogens is 6. The molecule has 0 unspecified atom stereocenters. The first kappa shape index (κ1) is 20.4. The third kappa shape index (κ3) is 3.20. The highest BCUT2D eigenvalue weighted by molar-refractivity contribution is 7.92. The molecule has 3 aromatic carbocycles. The Labute approximate surface area is 154 Å². The van der Waals surface area contributed by atoms with E-state index in [4.69, 9.17) is 0 Å². The van der Waals surface area contributed by atoms with E-state index in [1.165, 1.54) is 12.1 Å². The van der Waals surface area contributed by atoms with E-state index in [0.29, 0.717) is 12.1 Å². The summed E-state index contributed by atoms with van der Waals surface area (Å²) in [6.45, 7) is 0. The fraction of sp³-hybridized carbons (Fsp3) is 0.125. The van der Waals surface area contributed by atoms with Gasteiger partial charge in [0.05, 0.1) is 9.79 Å². The van der Waals surface area contributed by atoms with Gasteiger partial charge in [0.2, 0.25) is 0 Å². The molecule has 0 aliphatic carbocycles. The van der Waals surface area contributed by atoms with Crippen LogP contribution in [0.3, 0.4) is 0 Å². The van der Waals surface area contributed by atoms with Gasteiger partial charge in [0.25, 0.3) is 19.7 Å². The standard InChI is InChI=1S/C16H8F6O4S2/c17-15(18,19)27(23,24)13-3-1-9-5-12-8-14(28(25,26)16(20,21)22)4-2-10(12)6-11(9)7-13/h1-8H. The monoisotopic (exact) mass is 442 g/mol. The summed E-state index contributed by atoms with van der Waals surface area (Å²) in [4.78, 5) is -1.97. The largest absolute Gasteiger partial charge is 0.501 e. The topological polar surface area (TPSA) is 68.3 Å². The van der Waals surface area contributed by atoms with E-state index in [0.717, 1.165) is 24.3 Å². The molecular weight excluding hydrogens is 434 g/mol. The molecule has 0 aliphatic heterocycles. The fourth-order valence-electron chi connectivity index (χ4n) is 2.56. The van der Waals surface area contributed by atoms with Crippen LogP contribution in [0.15, 0.2) is 58.3 Å². The van der Waals surface area contributed by atoms with Crippen molar-refractivity contribution in [2.45, 2.75) is 20.8 Å². The van der Waals surface area contributed by atoms with Crippen molar-refractivity contribution in [3.05, 3.63) is 48.5 Å². The Morgan fingerprint density at radius 1 is 0.500 bits per heavy atom. The van der Waals surface area contributed by atoms with Crippen LogP contribution in [0.4, 0.5) is 26.3 Å². The van der Waals surface area contributed by atoms with Crippen molar-refractivity contribution in [2.75, 3.05) is 0 Å². The van der Waals surface area contributed by atoms with Crippen LogP contribution in [-0.2, 0) is 19.7 Å². The van der Waals surface area contributed by atoms with Crippen LogP contribution in [0.5, 0.6) is 0 Å². The molecule has 0 N–H and O–H groups in total. The molecule has 3 rings (SSSR count). The first-order valence-electron chi connectivity index (χ1n) is 7.25. The average molecular weight is 442 g/mol. The maximum atomic E-state index is 12.7. The first-order valence-corrected chi connectivity index (χ1v) is 10.2. The van der Waals surface area contributed by atoms with E-state index >= 15 is 0 Å². The van der Waals surface area contributed by atoms with Gasteiger partial charge in [-0.05, 0) is 57.9 Å². The normalized spacial score (nSPS) is 13.9. The minimum absolute atomic E-state index is 0.0873. The maximum absolute atomic E-state index is 12.7. The van der Waals surface area contributed by atoms with Crippen molar-refractivity contribution >= 4 is 41.2 Å². The van der Waals surface area contributed by atoms with Crippen LogP contribution in [0.2, 0.25) is 0 Å². The molecule has 0 atom stereocenters. The zero-order chi connectivity index (χ0) is 21.1. The molecule has 0 radical (unpaired) electrons. The quantitative estimate of drug-likeness (QED) is 0.431. The molecule has 0 spiro atoms. The van der Waals surface area contributed by atoms with Crippen molar-refractivity contribution in [3.63, 3.8) is 0 Å². The van der Waals surface area contributed by atoms with Crippen molar-refractivity contribution in [3.8, 4) is 0 Å². The molecule has 3 aromatic rings. The number of hydrogen-bond donors (Lipinski definition) is 0. The minimum atomic E-state index is -5.57. The summed E-state index contributed by atoms with van der Waals surface area (Å²) in [5, 5.41) is 0.610. The molecule has 150 valence electrons. The van der Waals surface area contributed by atoms with E-state index in [1.807, 2.05) is 0 Å². The lowest BCUT2D eigenvalue weighted by molar-refractivity contribution is -0.0442. The van der Waals surface area contributed by atoms with Gasteiger partial charge in [0.1, 0.15) is 0 Å². The van der Waals surface area contributed by atoms with Gasteiger partial charge in [-0.3, -0.25) is 0 Å². The Balaban J connectivity index is 2.21. The Morgan fingerprint density at radius 2 is 0.821 bits per heavy atom. The lowest BCUT2D eigenvalue weighted by Crippen LogP contribution is -2.23.